The van der Waals surface area contributed by atoms with Crippen LogP contribution in [0.5, 0.6) is 5.75 Å². The Labute approximate surface area is 185 Å². The van der Waals surface area contributed by atoms with Gasteiger partial charge in [0.1, 0.15) is 11.4 Å². The second-order valence-electron chi connectivity index (χ2n) is 6.77. The van der Waals surface area contributed by atoms with Gasteiger partial charge >= 0.3 is 0 Å². The fourth-order valence-corrected chi connectivity index (χ4v) is 4.36. The van der Waals surface area contributed by atoms with E-state index >= 15 is 0 Å². The number of aromatic nitrogens is 3. The average molecular weight is 452 g/mol. The zero-order valence-corrected chi connectivity index (χ0v) is 18.7. The van der Waals surface area contributed by atoms with Gasteiger partial charge in [0.25, 0.3) is 5.91 Å². The molecule has 0 spiro atoms. The van der Waals surface area contributed by atoms with Crippen LogP contribution in [0.3, 0.4) is 0 Å². The van der Waals surface area contributed by atoms with Crippen molar-refractivity contribution in [2.24, 2.45) is 0 Å². The minimum atomic E-state index is -0.0800. The molecule has 1 fully saturated rings. The number of thiazole rings is 1. The summed E-state index contributed by atoms with van der Waals surface area (Å²) in [6, 6.07) is 7.56. The second kappa shape index (κ2) is 10.2. The van der Waals surface area contributed by atoms with Crippen molar-refractivity contribution in [3.63, 3.8) is 0 Å². The number of carbonyl (C=O) groups is 1. The molecule has 0 radical (unpaired) electrons. The largest absolute Gasteiger partial charge is 0.497 e. The Hall–Kier alpha value is -2.20. The number of fused-ring (bicyclic) bond motifs is 1. The minimum Gasteiger partial charge on any atom is -0.497 e. The molecule has 4 rings (SSSR count). The third-order valence-electron chi connectivity index (χ3n) is 5.04. The van der Waals surface area contributed by atoms with Crippen LogP contribution < -0.4 is 9.64 Å². The van der Waals surface area contributed by atoms with Crippen molar-refractivity contribution >= 4 is 45.0 Å². The van der Waals surface area contributed by atoms with Gasteiger partial charge in [-0.2, -0.15) is 5.10 Å². The number of hydrogen-bond acceptors (Lipinski definition) is 7. The molecule has 0 aliphatic carbocycles. The van der Waals surface area contributed by atoms with Crippen molar-refractivity contribution in [1.82, 2.24) is 19.7 Å². The first-order chi connectivity index (χ1) is 14.2. The third-order valence-corrected chi connectivity index (χ3v) is 6.10. The van der Waals surface area contributed by atoms with Crippen molar-refractivity contribution in [1.29, 1.82) is 0 Å². The van der Waals surface area contributed by atoms with Gasteiger partial charge in [-0.05, 0) is 25.1 Å². The molecule has 1 aromatic carbocycles. The normalized spacial score (nSPS) is 14.5. The molecule has 3 heterocycles. The summed E-state index contributed by atoms with van der Waals surface area (Å²) in [5.41, 5.74) is 1.41. The maximum Gasteiger partial charge on any atom is 0.278 e. The lowest BCUT2D eigenvalue weighted by atomic mass is 10.3. The van der Waals surface area contributed by atoms with Gasteiger partial charge in [0.15, 0.2) is 5.13 Å². The van der Waals surface area contributed by atoms with E-state index in [-0.39, 0.29) is 18.3 Å². The Morgan fingerprint density at radius 2 is 2.10 bits per heavy atom. The van der Waals surface area contributed by atoms with E-state index in [2.05, 4.69) is 10.00 Å². The summed E-state index contributed by atoms with van der Waals surface area (Å²) in [5.74, 6) is 0.674. The number of amides is 1. The molecular formula is C20H26ClN5O3S. The van der Waals surface area contributed by atoms with Crippen LogP contribution in [0, 0.1) is 0 Å². The van der Waals surface area contributed by atoms with E-state index < -0.39 is 0 Å². The standard InChI is InChI=1S/C20H25N5O3S.ClH/c1-3-25-17(6-7-21-25)19(26)24(9-8-23-10-12-28-13-11-23)20-22-16-14-15(27-2)4-5-18(16)29-20;/h4-7,14H,3,8-13H2,1-2H3;1H. The van der Waals surface area contributed by atoms with Crippen LogP contribution in [0.2, 0.25) is 0 Å². The number of methoxy groups -OCH3 is 1. The first-order valence-corrected chi connectivity index (χ1v) is 10.6. The van der Waals surface area contributed by atoms with Gasteiger partial charge in [-0.1, -0.05) is 11.3 Å². The lowest BCUT2D eigenvalue weighted by Gasteiger charge is -2.29. The van der Waals surface area contributed by atoms with E-state index in [1.807, 2.05) is 25.1 Å². The molecule has 0 bridgehead atoms. The Bertz CT molecular complexity index is 986. The second-order valence-corrected chi connectivity index (χ2v) is 7.78. The number of ether oxygens (including phenoxy) is 2. The first-order valence-electron chi connectivity index (χ1n) is 9.78. The van der Waals surface area contributed by atoms with Gasteiger partial charge in [0.2, 0.25) is 0 Å². The molecule has 0 atom stereocenters. The summed E-state index contributed by atoms with van der Waals surface area (Å²) in [6.07, 6.45) is 1.67. The number of morpholine rings is 1. The molecule has 0 saturated carbocycles. The summed E-state index contributed by atoms with van der Waals surface area (Å²) in [5, 5.41) is 4.95. The number of nitrogens with zero attached hydrogens (tertiary/aromatic N) is 5. The lowest BCUT2D eigenvalue weighted by molar-refractivity contribution is 0.0391. The van der Waals surface area contributed by atoms with E-state index in [4.69, 9.17) is 14.5 Å². The van der Waals surface area contributed by atoms with E-state index in [0.717, 1.165) is 48.8 Å². The van der Waals surface area contributed by atoms with Crippen LogP contribution >= 0.6 is 23.7 Å². The highest BCUT2D eigenvalue weighted by atomic mass is 35.5. The molecule has 1 aliphatic heterocycles. The minimum absolute atomic E-state index is 0. The van der Waals surface area contributed by atoms with Gasteiger partial charge < -0.3 is 9.47 Å². The zero-order valence-electron chi connectivity index (χ0n) is 17.1. The predicted molar refractivity (Wildman–Crippen MR) is 120 cm³/mol. The third kappa shape index (κ3) is 4.75. The number of hydrogen-bond donors (Lipinski definition) is 0. The van der Waals surface area contributed by atoms with Gasteiger partial charge in [0, 0.05) is 45.0 Å². The summed E-state index contributed by atoms with van der Waals surface area (Å²) in [7, 11) is 1.64. The zero-order chi connectivity index (χ0) is 20.2. The summed E-state index contributed by atoms with van der Waals surface area (Å²) in [4.78, 5) is 22.3. The van der Waals surface area contributed by atoms with Crippen molar-refractivity contribution in [2.45, 2.75) is 13.5 Å². The van der Waals surface area contributed by atoms with Crippen molar-refractivity contribution in [3.8, 4) is 5.75 Å². The molecule has 0 unspecified atom stereocenters. The van der Waals surface area contributed by atoms with E-state index in [1.54, 1.807) is 29.0 Å². The summed E-state index contributed by atoms with van der Waals surface area (Å²) in [6.45, 7) is 7.18. The van der Waals surface area contributed by atoms with E-state index in [1.165, 1.54) is 11.3 Å². The molecule has 1 aliphatic rings. The Morgan fingerprint density at radius 3 is 2.83 bits per heavy atom. The molecule has 3 aromatic rings. The number of carbonyl (C=O) groups excluding carboxylic acids is 1. The Morgan fingerprint density at radius 1 is 1.30 bits per heavy atom. The van der Waals surface area contributed by atoms with Crippen LogP contribution in [-0.2, 0) is 11.3 Å². The quantitative estimate of drug-likeness (QED) is 0.550. The van der Waals surface area contributed by atoms with Crippen molar-refractivity contribution in [2.75, 3.05) is 51.4 Å². The number of rotatable bonds is 7. The van der Waals surface area contributed by atoms with Crippen LogP contribution in [0.1, 0.15) is 17.4 Å². The topological polar surface area (TPSA) is 72.7 Å². The van der Waals surface area contributed by atoms with Gasteiger partial charge in [-0.25, -0.2) is 4.98 Å². The molecule has 1 saturated heterocycles. The Kier molecular flexibility index (Phi) is 7.65. The van der Waals surface area contributed by atoms with Crippen LogP contribution in [-0.4, -0.2) is 72.1 Å². The molecule has 2 aromatic heterocycles. The monoisotopic (exact) mass is 451 g/mol. The van der Waals surface area contributed by atoms with Crippen LogP contribution in [0.15, 0.2) is 30.5 Å². The number of halogens is 1. The maximum atomic E-state index is 13.4. The summed E-state index contributed by atoms with van der Waals surface area (Å²) >= 11 is 1.52. The highest BCUT2D eigenvalue weighted by molar-refractivity contribution is 7.22. The lowest BCUT2D eigenvalue weighted by Crippen LogP contribution is -2.43. The molecule has 30 heavy (non-hydrogen) atoms. The highest BCUT2D eigenvalue weighted by Crippen LogP contribution is 2.32. The van der Waals surface area contributed by atoms with E-state index in [9.17, 15) is 4.79 Å². The first kappa shape index (κ1) is 22.5. The van der Waals surface area contributed by atoms with Crippen LogP contribution in [0.4, 0.5) is 5.13 Å². The smallest absolute Gasteiger partial charge is 0.278 e. The number of aryl methyl sites for hydroxylation is 1. The molecular weight excluding hydrogens is 426 g/mol. The molecule has 162 valence electrons. The van der Waals surface area contributed by atoms with Crippen molar-refractivity contribution < 1.29 is 14.3 Å². The molecule has 8 nitrogen and oxygen atoms in total. The van der Waals surface area contributed by atoms with Crippen molar-refractivity contribution in [3.05, 3.63) is 36.2 Å². The molecule has 1 amide bonds. The SMILES string of the molecule is CCn1nccc1C(=O)N(CCN1CCOCC1)c1nc2cc(OC)ccc2s1.Cl. The predicted octanol–water partition coefficient (Wildman–Crippen LogP) is 2.92. The fraction of sp³-hybridized carbons (Fsp3) is 0.450. The average Bonchev–Trinajstić information content (AvgIpc) is 3.40. The van der Waals surface area contributed by atoms with E-state index in [0.29, 0.717) is 23.9 Å². The number of benzene rings is 1. The fourth-order valence-electron chi connectivity index (χ4n) is 3.39. The number of anilines is 1. The molecule has 0 N–H and O–H groups in total. The van der Waals surface area contributed by atoms with Gasteiger partial charge in [-0.3, -0.25) is 19.3 Å². The maximum absolute atomic E-state index is 13.4. The highest BCUT2D eigenvalue weighted by Gasteiger charge is 2.25. The van der Waals surface area contributed by atoms with Gasteiger partial charge in [-0.15, -0.1) is 12.4 Å². The molecule has 10 heteroatoms. The summed E-state index contributed by atoms with van der Waals surface area (Å²) < 4.78 is 13.5. The van der Waals surface area contributed by atoms with Gasteiger partial charge in [0.05, 0.1) is 30.5 Å². The Balaban J connectivity index is 0.00000256. The van der Waals surface area contributed by atoms with Crippen LogP contribution in [0.25, 0.3) is 10.2 Å².